The second-order valence-electron chi connectivity index (χ2n) is 6.38. The van der Waals surface area contributed by atoms with Gasteiger partial charge in [0.25, 0.3) is 0 Å². The molecule has 0 unspecified atom stereocenters. The SMILES string of the molecule is CNS(=O)(=O)c1cc(NC(=O)CSc2ncc(-c3ccccc3)n2C)ccc1C. The highest BCUT2D eigenvalue weighted by molar-refractivity contribution is 7.99. The molecule has 1 amide bonds. The molecule has 2 N–H and O–H groups in total. The molecule has 0 radical (unpaired) electrons. The lowest BCUT2D eigenvalue weighted by atomic mass is 10.2. The Bertz CT molecular complexity index is 1130. The molecule has 7 nitrogen and oxygen atoms in total. The molecule has 0 bridgehead atoms. The molecule has 152 valence electrons. The van der Waals surface area contributed by atoms with Gasteiger partial charge in [-0.1, -0.05) is 48.2 Å². The molecule has 0 saturated carbocycles. The second kappa shape index (κ2) is 8.81. The summed E-state index contributed by atoms with van der Waals surface area (Å²) in [6.45, 7) is 1.71. The summed E-state index contributed by atoms with van der Waals surface area (Å²) in [5, 5.41) is 3.47. The first-order valence-corrected chi connectivity index (χ1v) is 11.3. The monoisotopic (exact) mass is 430 g/mol. The lowest BCUT2D eigenvalue weighted by molar-refractivity contribution is -0.113. The standard InChI is InChI=1S/C20H22N4O3S2/c1-14-9-10-16(11-18(14)29(26,27)21-2)23-19(25)13-28-20-22-12-17(24(20)3)15-7-5-4-6-8-15/h4-12,21H,13H2,1-3H3,(H,23,25). The van der Waals surface area contributed by atoms with E-state index >= 15 is 0 Å². The van der Waals surface area contributed by atoms with Gasteiger partial charge < -0.3 is 9.88 Å². The maximum atomic E-state index is 12.4. The van der Waals surface area contributed by atoms with Crippen LogP contribution in [0, 0.1) is 6.92 Å². The Kier molecular flexibility index (Phi) is 6.41. The van der Waals surface area contributed by atoms with Crippen molar-refractivity contribution in [1.29, 1.82) is 0 Å². The van der Waals surface area contributed by atoms with E-state index in [9.17, 15) is 13.2 Å². The van der Waals surface area contributed by atoms with Gasteiger partial charge in [0.05, 0.1) is 22.5 Å². The number of amides is 1. The zero-order valence-electron chi connectivity index (χ0n) is 16.3. The maximum absolute atomic E-state index is 12.4. The summed E-state index contributed by atoms with van der Waals surface area (Å²) in [5.41, 5.74) is 3.05. The number of hydrogen-bond donors (Lipinski definition) is 2. The van der Waals surface area contributed by atoms with Gasteiger partial charge in [0.15, 0.2) is 5.16 Å². The number of anilines is 1. The summed E-state index contributed by atoms with van der Waals surface area (Å²) in [6.07, 6.45) is 1.78. The zero-order valence-corrected chi connectivity index (χ0v) is 18.0. The van der Waals surface area contributed by atoms with Crippen molar-refractivity contribution < 1.29 is 13.2 Å². The minimum absolute atomic E-state index is 0.141. The molecule has 1 aromatic heterocycles. The van der Waals surface area contributed by atoms with Crippen LogP contribution in [-0.4, -0.2) is 36.7 Å². The third kappa shape index (κ3) is 4.87. The predicted molar refractivity (Wildman–Crippen MR) is 115 cm³/mol. The highest BCUT2D eigenvalue weighted by Crippen LogP contribution is 2.25. The number of carbonyl (C=O) groups excluding carboxylic acids is 1. The number of imidazole rings is 1. The van der Waals surface area contributed by atoms with E-state index in [-0.39, 0.29) is 16.6 Å². The first-order valence-electron chi connectivity index (χ1n) is 8.86. The van der Waals surface area contributed by atoms with Gasteiger partial charge in [-0.05, 0) is 37.2 Å². The molecule has 0 aliphatic rings. The van der Waals surface area contributed by atoms with Crippen LogP contribution in [0.3, 0.4) is 0 Å². The van der Waals surface area contributed by atoms with Crippen molar-refractivity contribution >= 4 is 33.4 Å². The fourth-order valence-electron chi connectivity index (χ4n) is 2.81. The van der Waals surface area contributed by atoms with E-state index < -0.39 is 10.0 Å². The first-order chi connectivity index (χ1) is 13.8. The van der Waals surface area contributed by atoms with Gasteiger partial charge in [-0.2, -0.15) is 0 Å². The van der Waals surface area contributed by atoms with E-state index in [1.165, 1.54) is 24.9 Å². The zero-order chi connectivity index (χ0) is 21.0. The third-order valence-corrected chi connectivity index (χ3v) is 6.98. The highest BCUT2D eigenvalue weighted by atomic mass is 32.2. The first kappa shape index (κ1) is 21.1. The molecule has 1 heterocycles. The molecule has 0 aliphatic heterocycles. The molecule has 2 aromatic carbocycles. The topological polar surface area (TPSA) is 93.1 Å². The van der Waals surface area contributed by atoms with Crippen molar-refractivity contribution in [2.45, 2.75) is 17.0 Å². The lowest BCUT2D eigenvalue weighted by Gasteiger charge is -2.10. The van der Waals surface area contributed by atoms with Gasteiger partial charge in [0, 0.05) is 12.7 Å². The molecular weight excluding hydrogens is 408 g/mol. The number of nitrogens with one attached hydrogen (secondary N) is 2. The van der Waals surface area contributed by atoms with Crippen LogP contribution in [0.2, 0.25) is 0 Å². The van der Waals surface area contributed by atoms with Gasteiger partial charge in [0.1, 0.15) is 0 Å². The molecule has 3 aromatic rings. The Labute approximate surface area is 174 Å². The van der Waals surface area contributed by atoms with Crippen LogP contribution in [0.25, 0.3) is 11.3 Å². The maximum Gasteiger partial charge on any atom is 0.240 e. The average Bonchev–Trinajstić information content (AvgIpc) is 3.09. The van der Waals surface area contributed by atoms with E-state index in [1.54, 1.807) is 25.3 Å². The van der Waals surface area contributed by atoms with Crippen LogP contribution in [0.15, 0.2) is 64.8 Å². The van der Waals surface area contributed by atoms with Crippen molar-refractivity contribution in [2.24, 2.45) is 7.05 Å². The van der Waals surface area contributed by atoms with Crippen LogP contribution in [-0.2, 0) is 21.9 Å². The Morgan fingerprint density at radius 3 is 2.59 bits per heavy atom. The van der Waals surface area contributed by atoms with Crippen LogP contribution in [0.1, 0.15) is 5.56 Å². The van der Waals surface area contributed by atoms with Crippen LogP contribution >= 0.6 is 11.8 Å². The average molecular weight is 431 g/mol. The number of thioether (sulfide) groups is 1. The van der Waals surface area contributed by atoms with Crippen molar-refractivity contribution in [3.05, 3.63) is 60.3 Å². The number of aromatic nitrogens is 2. The Balaban J connectivity index is 1.67. The van der Waals surface area contributed by atoms with E-state index in [2.05, 4.69) is 15.0 Å². The van der Waals surface area contributed by atoms with E-state index in [0.29, 0.717) is 11.3 Å². The minimum atomic E-state index is -3.59. The molecule has 0 spiro atoms. The van der Waals surface area contributed by atoms with E-state index in [1.807, 2.05) is 41.9 Å². The van der Waals surface area contributed by atoms with Gasteiger partial charge in [-0.25, -0.2) is 18.1 Å². The van der Waals surface area contributed by atoms with Crippen molar-refractivity contribution in [3.8, 4) is 11.3 Å². The van der Waals surface area contributed by atoms with Crippen molar-refractivity contribution in [3.63, 3.8) is 0 Å². The number of sulfonamides is 1. The Morgan fingerprint density at radius 2 is 1.90 bits per heavy atom. The number of rotatable bonds is 7. The fraction of sp³-hybridized carbons (Fsp3) is 0.200. The molecule has 3 rings (SSSR count). The Morgan fingerprint density at radius 1 is 1.17 bits per heavy atom. The molecule has 29 heavy (non-hydrogen) atoms. The molecule has 9 heteroatoms. The summed E-state index contributed by atoms with van der Waals surface area (Å²) >= 11 is 1.32. The van der Waals surface area contributed by atoms with Crippen LogP contribution < -0.4 is 10.0 Å². The minimum Gasteiger partial charge on any atom is -0.325 e. The van der Waals surface area contributed by atoms with Crippen molar-refractivity contribution in [2.75, 3.05) is 18.1 Å². The van der Waals surface area contributed by atoms with Gasteiger partial charge >= 0.3 is 0 Å². The highest BCUT2D eigenvalue weighted by Gasteiger charge is 2.16. The summed E-state index contributed by atoms with van der Waals surface area (Å²) in [4.78, 5) is 16.9. The predicted octanol–water partition coefficient (Wildman–Crippen LogP) is 3.03. The number of nitrogens with zero attached hydrogens (tertiary/aromatic N) is 2. The normalized spacial score (nSPS) is 11.4. The smallest absolute Gasteiger partial charge is 0.240 e. The van der Waals surface area contributed by atoms with E-state index in [0.717, 1.165) is 16.4 Å². The summed E-state index contributed by atoms with van der Waals surface area (Å²) in [7, 11) is -0.330. The molecule has 0 atom stereocenters. The van der Waals surface area contributed by atoms with Crippen molar-refractivity contribution in [1.82, 2.24) is 14.3 Å². The fourth-order valence-corrected chi connectivity index (χ4v) is 4.55. The third-order valence-electron chi connectivity index (χ3n) is 4.38. The molecular formula is C20H22N4O3S2. The summed E-state index contributed by atoms with van der Waals surface area (Å²) in [5.74, 6) is -0.0860. The number of carbonyl (C=O) groups is 1. The van der Waals surface area contributed by atoms with E-state index in [4.69, 9.17) is 0 Å². The number of benzene rings is 2. The molecule has 0 saturated heterocycles. The quantitative estimate of drug-likeness (QED) is 0.562. The Hall–Kier alpha value is -2.62. The lowest BCUT2D eigenvalue weighted by Crippen LogP contribution is -2.20. The second-order valence-corrected chi connectivity index (χ2v) is 9.17. The van der Waals surface area contributed by atoms with Gasteiger partial charge in [-0.15, -0.1) is 0 Å². The van der Waals surface area contributed by atoms with Gasteiger partial charge in [-0.3, -0.25) is 4.79 Å². The number of aryl methyl sites for hydroxylation is 1. The number of hydrogen-bond acceptors (Lipinski definition) is 5. The molecule has 0 aliphatic carbocycles. The van der Waals surface area contributed by atoms with Crippen LogP contribution in [0.5, 0.6) is 0 Å². The van der Waals surface area contributed by atoms with Crippen LogP contribution in [0.4, 0.5) is 5.69 Å². The summed E-state index contributed by atoms with van der Waals surface area (Å²) < 4.78 is 28.4. The molecule has 0 fully saturated rings. The largest absolute Gasteiger partial charge is 0.325 e. The summed E-state index contributed by atoms with van der Waals surface area (Å²) in [6, 6.07) is 14.7. The van der Waals surface area contributed by atoms with Gasteiger partial charge in [0.2, 0.25) is 15.9 Å².